The lowest BCUT2D eigenvalue weighted by Crippen LogP contribution is -2.46. The van der Waals surface area contributed by atoms with E-state index in [0.29, 0.717) is 9.71 Å². The summed E-state index contributed by atoms with van der Waals surface area (Å²) in [6.07, 6.45) is -2.04. The summed E-state index contributed by atoms with van der Waals surface area (Å²) < 4.78 is 46.7. The zero-order chi connectivity index (χ0) is 20.0. The maximum atomic E-state index is 14.2. The van der Waals surface area contributed by atoms with Gasteiger partial charge in [0.05, 0.1) is 28.9 Å². The van der Waals surface area contributed by atoms with Crippen LogP contribution in [0.5, 0.6) is 5.75 Å². The van der Waals surface area contributed by atoms with Gasteiger partial charge in [-0.3, -0.25) is 14.5 Å². The molecule has 0 radical (unpaired) electrons. The first-order chi connectivity index (χ1) is 13.3. The van der Waals surface area contributed by atoms with Gasteiger partial charge in [0.2, 0.25) is 0 Å². The van der Waals surface area contributed by atoms with Gasteiger partial charge in [-0.25, -0.2) is 18.2 Å². The predicted octanol–water partition coefficient (Wildman–Crippen LogP) is 3.48. The minimum absolute atomic E-state index is 0.128. The zero-order valence-electron chi connectivity index (χ0n) is 14.0. The Morgan fingerprint density at radius 2 is 1.96 bits per heavy atom. The molecule has 0 saturated heterocycles. The van der Waals surface area contributed by atoms with Crippen molar-refractivity contribution in [2.75, 3.05) is 4.90 Å². The van der Waals surface area contributed by atoms with Crippen molar-refractivity contribution in [2.45, 2.75) is 19.1 Å². The highest BCUT2D eigenvalue weighted by molar-refractivity contribution is 7.18. The molecule has 0 aliphatic carbocycles. The molecule has 1 unspecified atom stereocenters. The van der Waals surface area contributed by atoms with Crippen molar-refractivity contribution in [3.05, 3.63) is 52.8 Å². The largest absolute Gasteiger partial charge is 0.481 e. The molecule has 1 atom stereocenters. The summed E-state index contributed by atoms with van der Waals surface area (Å²) in [5.74, 6) is -4.97. The van der Waals surface area contributed by atoms with Crippen LogP contribution in [0.1, 0.15) is 11.4 Å². The molecule has 3 aromatic rings. The second-order valence-corrected chi connectivity index (χ2v) is 7.17. The van der Waals surface area contributed by atoms with Gasteiger partial charge in [0, 0.05) is 6.07 Å². The number of hydrogen-bond donors (Lipinski definition) is 1. The number of ether oxygens (including phenoxy) is 1. The number of fused-ring (bicyclic) bond motifs is 2. The van der Waals surface area contributed by atoms with Gasteiger partial charge in [-0.15, -0.1) is 11.3 Å². The first-order valence-corrected chi connectivity index (χ1v) is 8.88. The summed E-state index contributed by atoms with van der Waals surface area (Å²) in [7, 11) is 0. The molecule has 0 spiro atoms. The van der Waals surface area contributed by atoms with Crippen LogP contribution < -0.4 is 9.64 Å². The molecule has 10 heteroatoms. The number of hydrogen-bond acceptors (Lipinski definition) is 5. The highest BCUT2D eigenvalue weighted by Gasteiger charge is 2.37. The molecule has 0 fully saturated rings. The first kappa shape index (κ1) is 18.2. The third-order valence-corrected chi connectivity index (χ3v) is 5.17. The molecular weight excluding hydrogens is 397 g/mol. The minimum atomic E-state index is -1.40. The van der Waals surface area contributed by atoms with Crippen LogP contribution in [-0.2, 0) is 16.1 Å². The number of thiazole rings is 1. The van der Waals surface area contributed by atoms with E-state index < -0.39 is 41.9 Å². The van der Waals surface area contributed by atoms with Crippen molar-refractivity contribution in [3.63, 3.8) is 0 Å². The molecule has 0 bridgehead atoms. The summed E-state index contributed by atoms with van der Waals surface area (Å²) in [6, 6.07) is 5.94. The Bertz CT molecular complexity index is 1080. The van der Waals surface area contributed by atoms with E-state index >= 15 is 0 Å². The maximum absolute atomic E-state index is 14.2. The number of anilines is 1. The van der Waals surface area contributed by atoms with E-state index in [1.807, 2.05) is 0 Å². The van der Waals surface area contributed by atoms with E-state index in [0.717, 1.165) is 29.5 Å². The van der Waals surface area contributed by atoms with Crippen LogP contribution in [0.3, 0.4) is 0 Å². The number of carbonyl (C=O) groups is 2. The van der Waals surface area contributed by atoms with Gasteiger partial charge in [0.1, 0.15) is 5.01 Å². The lowest BCUT2D eigenvalue weighted by molar-refractivity contribution is -0.142. The summed E-state index contributed by atoms with van der Waals surface area (Å²) in [5, 5.41) is 9.35. The summed E-state index contributed by atoms with van der Waals surface area (Å²) in [6.45, 7) is -0.128. The molecule has 4 rings (SSSR count). The molecule has 0 saturated carbocycles. The normalized spacial score (nSPS) is 16.2. The number of aliphatic carboxylic acids is 1. The zero-order valence-corrected chi connectivity index (χ0v) is 14.8. The first-order valence-electron chi connectivity index (χ1n) is 8.06. The number of carboxylic acids is 1. The average Bonchev–Trinajstić information content (AvgIpc) is 3.00. The van der Waals surface area contributed by atoms with Crippen LogP contribution in [0.15, 0.2) is 30.3 Å². The van der Waals surface area contributed by atoms with E-state index in [1.54, 1.807) is 0 Å². The SMILES string of the molecule is O=C(O)CC1Oc2c(F)cccc2N(Cc2nc3cc(F)c(F)cc3s2)C1=O. The molecule has 1 aromatic heterocycles. The number of halogens is 3. The molecule has 1 aliphatic heterocycles. The number of benzene rings is 2. The summed E-state index contributed by atoms with van der Waals surface area (Å²) in [4.78, 5) is 29.1. The number of para-hydroxylation sites is 1. The number of carboxylic acid groups (broad SMARTS) is 1. The maximum Gasteiger partial charge on any atom is 0.307 e. The van der Waals surface area contributed by atoms with E-state index in [9.17, 15) is 22.8 Å². The Morgan fingerprint density at radius 3 is 2.71 bits per heavy atom. The van der Waals surface area contributed by atoms with E-state index in [-0.39, 0.29) is 23.5 Å². The van der Waals surface area contributed by atoms with Gasteiger partial charge < -0.3 is 9.84 Å². The highest BCUT2D eigenvalue weighted by Crippen LogP contribution is 2.38. The van der Waals surface area contributed by atoms with Crippen molar-refractivity contribution >= 4 is 39.1 Å². The van der Waals surface area contributed by atoms with Gasteiger partial charge in [0.25, 0.3) is 5.91 Å². The van der Waals surface area contributed by atoms with Gasteiger partial charge in [-0.2, -0.15) is 0 Å². The standard InChI is InChI=1S/C18H11F3N2O4S/c19-8-2-1-3-12-17(8)27-13(6-16(24)25)18(26)23(12)7-15-22-11-4-9(20)10(21)5-14(11)28-15/h1-5,13H,6-7H2,(H,24,25). The van der Waals surface area contributed by atoms with Crippen molar-refractivity contribution in [3.8, 4) is 5.75 Å². The van der Waals surface area contributed by atoms with Crippen molar-refractivity contribution in [2.24, 2.45) is 0 Å². The Labute approximate surface area is 159 Å². The third kappa shape index (κ3) is 3.15. The van der Waals surface area contributed by atoms with Crippen molar-refractivity contribution in [1.29, 1.82) is 0 Å². The monoisotopic (exact) mass is 408 g/mol. The molecule has 28 heavy (non-hydrogen) atoms. The van der Waals surface area contributed by atoms with Crippen LogP contribution >= 0.6 is 11.3 Å². The topological polar surface area (TPSA) is 79.7 Å². The van der Waals surface area contributed by atoms with Gasteiger partial charge in [0.15, 0.2) is 29.3 Å². The fraction of sp³-hybridized carbons (Fsp3) is 0.167. The van der Waals surface area contributed by atoms with E-state index in [4.69, 9.17) is 9.84 Å². The molecule has 6 nitrogen and oxygen atoms in total. The third-order valence-electron chi connectivity index (χ3n) is 4.17. The Kier molecular flexibility index (Phi) is 4.42. The van der Waals surface area contributed by atoms with Crippen LogP contribution in [0, 0.1) is 17.5 Å². The Balaban J connectivity index is 1.74. The quantitative estimate of drug-likeness (QED) is 0.715. The molecule has 1 N–H and O–H groups in total. The molecule has 2 heterocycles. The summed E-state index contributed by atoms with van der Waals surface area (Å²) >= 11 is 1.05. The van der Waals surface area contributed by atoms with Crippen LogP contribution in [0.25, 0.3) is 10.2 Å². The predicted molar refractivity (Wildman–Crippen MR) is 93.8 cm³/mol. The number of rotatable bonds is 4. The van der Waals surface area contributed by atoms with E-state index in [1.165, 1.54) is 17.0 Å². The molecular formula is C18H11F3N2O4S. The van der Waals surface area contributed by atoms with Crippen LogP contribution in [0.4, 0.5) is 18.9 Å². The lowest BCUT2D eigenvalue weighted by atomic mass is 10.1. The second kappa shape index (κ2) is 6.79. The van der Waals surface area contributed by atoms with E-state index in [2.05, 4.69) is 4.98 Å². The highest BCUT2D eigenvalue weighted by atomic mass is 32.1. The number of aromatic nitrogens is 1. The Hall–Kier alpha value is -3.14. The number of nitrogens with zero attached hydrogens (tertiary/aromatic N) is 2. The van der Waals surface area contributed by atoms with Gasteiger partial charge in [-0.1, -0.05) is 6.07 Å². The van der Waals surface area contributed by atoms with Gasteiger partial charge in [-0.05, 0) is 18.2 Å². The number of amides is 1. The summed E-state index contributed by atoms with van der Waals surface area (Å²) in [5.41, 5.74) is 0.351. The lowest BCUT2D eigenvalue weighted by Gasteiger charge is -2.33. The Morgan fingerprint density at radius 1 is 1.21 bits per heavy atom. The fourth-order valence-corrected chi connectivity index (χ4v) is 3.90. The fourth-order valence-electron chi connectivity index (χ4n) is 2.94. The van der Waals surface area contributed by atoms with Crippen LogP contribution in [0.2, 0.25) is 0 Å². The van der Waals surface area contributed by atoms with Crippen molar-refractivity contribution in [1.82, 2.24) is 4.98 Å². The second-order valence-electron chi connectivity index (χ2n) is 6.06. The minimum Gasteiger partial charge on any atom is -0.481 e. The molecule has 1 amide bonds. The van der Waals surface area contributed by atoms with Gasteiger partial charge >= 0.3 is 5.97 Å². The molecule has 2 aromatic carbocycles. The molecule has 144 valence electrons. The average molecular weight is 408 g/mol. The molecule has 1 aliphatic rings. The number of carbonyl (C=O) groups excluding carboxylic acids is 1. The van der Waals surface area contributed by atoms with Crippen molar-refractivity contribution < 1.29 is 32.6 Å². The van der Waals surface area contributed by atoms with Crippen LogP contribution in [-0.4, -0.2) is 28.1 Å². The smallest absolute Gasteiger partial charge is 0.307 e.